The summed E-state index contributed by atoms with van der Waals surface area (Å²) < 4.78 is 4.58. The number of benzene rings is 7. The molecule has 23 heteroatoms. The molecule has 7 aromatic carbocycles. The van der Waals surface area contributed by atoms with E-state index < -0.39 is 17.7 Å². The number of anilines is 3. The predicted octanol–water partition coefficient (Wildman–Crippen LogP) is 9.52. The average Bonchev–Trinajstić information content (AvgIpc) is 1.64. The van der Waals surface area contributed by atoms with E-state index in [4.69, 9.17) is 39.5 Å². The van der Waals surface area contributed by atoms with Crippen molar-refractivity contribution in [3.63, 3.8) is 0 Å². The van der Waals surface area contributed by atoms with Crippen LogP contribution in [-0.2, 0) is 32.5 Å². The van der Waals surface area contributed by atoms with Gasteiger partial charge in [0.25, 0.3) is 35.4 Å². The third-order valence-corrected chi connectivity index (χ3v) is 16.9. The number of pyridine rings is 2. The molecule has 5 aromatic heterocycles. The van der Waals surface area contributed by atoms with Crippen molar-refractivity contribution in [2.75, 3.05) is 17.2 Å². The molecule has 496 valence electrons. The van der Waals surface area contributed by atoms with Crippen molar-refractivity contribution in [1.82, 2.24) is 55.3 Å². The van der Waals surface area contributed by atoms with Crippen molar-refractivity contribution in [1.29, 1.82) is 0 Å². The zero-order valence-electron chi connectivity index (χ0n) is 54.4. The van der Waals surface area contributed by atoms with Crippen molar-refractivity contribution in [2.24, 2.45) is 17.2 Å². The van der Waals surface area contributed by atoms with E-state index in [9.17, 15) is 28.8 Å². The summed E-state index contributed by atoms with van der Waals surface area (Å²) in [6.45, 7) is 6.82. The van der Waals surface area contributed by atoms with Crippen molar-refractivity contribution in [3.05, 3.63) is 297 Å². The molecule has 0 atom stereocenters. The molecule has 0 unspecified atom stereocenters. The second kappa shape index (κ2) is 30.0. The van der Waals surface area contributed by atoms with E-state index in [-0.39, 0.29) is 52.1 Å². The first kappa shape index (κ1) is 67.1. The van der Waals surface area contributed by atoms with E-state index in [0.717, 1.165) is 51.8 Å². The van der Waals surface area contributed by atoms with Gasteiger partial charge in [0.2, 0.25) is 0 Å². The molecule has 6 amide bonds. The Morgan fingerprint density at radius 2 is 0.788 bits per heavy atom. The van der Waals surface area contributed by atoms with Crippen LogP contribution in [0.25, 0.3) is 45.3 Å². The topological polar surface area (TPSA) is 374 Å². The number of fused-ring (bicyclic) bond motifs is 1. The van der Waals surface area contributed by atoms with E-state index in [1.54, 1.807) is 65.7 Å². The Hall–Kier alpha value is -13.3. The summed E-state index contributed by atoms with van der Waals surface area (Å²) in [7, 11) is 0. The van der Waals surface area contributed by atoms with Crippen LogP contribution in [0.4, 0.5) is 17.5 Å². The van der Waals surface area contributed by atoms with E-state index in [0.29, 0.717) is 81.9 Å². The molecule has 15 N–H and O–H groups in total. The van der Waals surface area contributed by atoms with Gasteiger partial charge < -0.3 is 50.4 Å². The fraction of sp³-hybridized carbons (Fsp3) is 0.118. The van der Waals surface area contributed by atoms with Crippen molar-refractivity contribution in [3.8, 4) is 45.3 Å². The second-order valence-corrected chi connectivity index (χ2v) is 23.5. The molecule has 0 fully saturated rings. The molecule has 23 nitrogen and oxygen atoms in total. The highest BCUT2D eigenvalue weighted by molar-refractivity contribution is 6.05. The van der Waals surface area contributed by atoms with Gasteiger partial charge in [0.15, 0.2) is 5.82 Å². The van der Waals surface area contributed by atoms with Gasteiger partial charge in [0, 0.05) is 65.4 Å². The summed E-state index contributed by atoms with van der Waals surface area (Å²) in [6.07, 6.45) is 6.45. The maximum atomic E-state index is 12.5. The lowest BCUT2D eigenvalue weighted by molar-refractivity contribution is 0.0942. The minimum absolute atomic E-state index is 0.0372. The number of aromatic nitrogens is 8. The third-order valence-electron chi connectivity index (χ3n) is 16.9. The molecule has 0 radical (unpaired) electrons. The van der Waals surface area contributed by atoms with Gasteiger partial charge in [-0.15, -0.1) is 0 Å². The highest BCUT2D eigenvalue weighted by Gasteiger charge is 2.30. The number of nitrogens with one attached hydrogen (secondary N) is 3. The molecule has 5 heterocycles. The molecular formula is C76H71N17O6. The Morgan fingerprint density at radius 1 is 0.414 bits per heavy atom. The standard InChI is InChI=1S/C28H27N5O2.2C24H22N6O2/c1-17-6-2-5-9-23(17)28(35)31-16-18-10-12-19(13-11-18)25-24(27(30)34)26(29)33(32-25)22-14-20-7-3-4-8-21(20)15-22;1-15-6-2-3-7-18(15)24(32)28-14-16-9-11-17(12-10-16)21-20(23(26)31)22(25)30(29-21)19-8-4-5-13-27-19;1-15-5-2-3-7-19(15)24(32)28-13-16-8-10-17(11-9-16)21-20(23(26)31)22(25)30(29-21)18-6-4-12-27-14-18/h2-13,22H,14-16,29H2,1H3,(H2,30,34)(H,31,35);2-13H,14,25H2,1H3,(H2,26,31)(H,28,32);2-12,14H,13,25H2,1H3,(H2,26,31)(H,28,32). The first-order chi connectivity index (χ1) is 47.8. The second-order valence-electron chi connectivity index (χ2n) is 23.5. The summed E-state index contributed by atoms with van der Waals surface area (Å²) in [4.78, 5) is 82.1. The molecule has 0 spiro atoms. The fourth-order valence-corrected chi connectivity index (χ4v) is 11.6. The number of aryl methyl sites for hydroxylation is 3. The quantitative estimate of drug-likeness (QED) is 0.0386. The number of hydrogen-bond donors (Lipinski definition) is 9. The zero-order valence-corrected chi connectivity index (χ0v) is 54.4. The predicted molar refractivity (Wildman–Crippen MR) is 380 cm³/mol. The zero-order chi connectivity index (χ0) is 69.9. The van der Waals surface area contributed by atoms with Crippen LogP contribution in [0, 0.1) is 20.8 Å². The van der Waals surface area contributed by atoms with Gasteiger partial charge in [-0.1, -0.05) is 158 Å². The Labute approximate surface area is 569 Å². The summed E-state index contributed by atoms with van der Waals surface area (Å²) in [5.74, 6) is -1.28. The molecule has 0 saturated heterocycles. The lowest BCUT2D eigenvalue weighted by Gasteiger charge is -2.12. The van der Waals surface area contributed by atoms with Crippen molar-refractivity contribution < 1.29 is 28.8 Å². The van der Waals surface area contributed by atoms with Crippen LogP contribution in [0.3, 0.4) is 0 Å². The van der Waals surface area contributed by atoms with Gasteiger partial charge in [-0.3, -0.25) is 33.8 Å². The van der Waals surface area contributed by atoms with Crippen molar-refractivity contribution in [2.45, 2.75) is 59.3 Å². The molecule has 0 aliphatic heterocycles. The molecule has 0 saturated carbocycles. The number of carbonyl (C=O) groups is 6. The van der Waals surface area contributed by atoms with Crippen LogP contribution in [-0.4, -0.2) is 74.8 Å². The smallest absolute Gasteiger partial charge is 0.254 e. The van der Waals surface area contributed by atoms with Crippen LogP contribution in [0.1, 0.15) is 113 Å². The first-order valence-corrected chi connectivity index (χ1v) is 31.6. The third kappa shape index (κ3) is 15.1. The monoisotopic (exact) mass is 1320 g/mol. The average molecular weight is 1320 g/mol. The van der Waals surface area contributed by atoms with E-state index >= 15 is 0 Å². The lowest BCUT2D eigenvalue weighted by atomic mass is 10.0. The summed E-state index contributed by atoms with van der Waals surface area (Å²) in [5, 5.41) is 22.5. The summed E-state index contributed by atoms with van der Waals surface area (Å²) in [5.41, 5.74) is 50.0. The lowest BCUT2D eigenvalue weighted by Crippen LogP contribution is -2.23. The van der Waals surface area contributed by atoms with Crippen LogP contribution < -0.4 is 50.4 Å². The Balaban J connectivity index is 0.000000150. The molecule has 1 aliphatic carbocycles. The van der Waals surface area contributed by atoms with Gasteiger partial charge in [0.05, 0.1) is 17.9 Å². The van der Waals surface area contributed by atoms with Gasteiger partial charge in [-0.05, 0) is 121 Å². The summed E-state index contributed by atoms with van der Waals surface area (Å²) in [6, 6.07) is 61.7. The van der Waals surface area contributed by atoms with Crippen LogP contribution in [0.5, 0.6) is 0 Å². The van der Waals surface area contributed by atoms with Crippen molar-refractivity contribution >= 4 is 52.9 Å². The molecule has 1 aliphatic rings. The van der Waals surface area contributed by atoms with E-state index in [1.165, 1.54) is 20.5 Å². The largest absolute Gasteiger partial charge is 0.383 e. The number of amides is 6. The number of nitrogens with two attached hydrogens (primary N) is 6. The van der Waals surface area contributed by atoms with Gasteiger partial charge in [-0.2, -0.15) is 20.0 Å². The molecular weight excluding hydrogens is 1250 g/mol. The summed E-state index contributed by atoms with van der Waals surface area (Å²) >= 11 is 0. The number of rotatable bonds is 18. The van der Waals surface area contributed by atoms with Crippen LogP contribution >= 0.6 is 0 Å². The normalized spacial score (nSPS) is 11.5. The Kier molecular flexibility index (Phi) is 20.3. The molecule has 12 aromatic rings. The molecule has 0 bridgehead atoms. The highest BCUT2D eigenvalue weighted by atomic mass is 16.2. The van der Waals surface area contributed by atoms with Gasteiger partial charge in [0.1, 0.15) is 51.2 Å². The number of primary amides is 3. The Morgan fingerprint density at radius 3 is 1.17 bits per heavy atom. The first-order valence-electron chi connectivity index (χ1n) is 31.6. The maximum Gasteiger partial charge on any atom is 0.254 e. The van der Waals surface area contributed by atoms with E-state index in [2.05, 4.69) is 48.2 Å². The number of nitrogens with zero attached hydrogens (tertiary/aromatic N) is 8. The molecule has 13 rings (SSSR count). The number of carbonyl (C=O) groups excluding carboxylic acids is 6. The fourth-order valence-electron chi connectivity index (χ4n) is 11.6. The number of nitrogen functional groups attached to an aromatic ring is 3. The maximum absolute atomic E-state index is 12.5. The highest BCUT2D eigenvalue weighted by Crippen LogP contribution is 2.36. The Bertz CT molecular complexity index is 4740. The van der Waals surface area contributed by atoms with Gasteiger partial charge >= 0.3 is 0 Å². The molecule has 99 heavy (non-hydrogen) atoms. The number of hydrogen-bond acceptors (Lipinski definition) is 14. The van der Waals surface area contributed by atoms with Gasteiger partial charge in [-0.25, -0.2) is 14.3 Å². The minimum Gasteiger partial charge on any atom is -0.383 e. The SMILES string of the molecule is Cc1ccccc1C(=O)NCc1ccc(-c2nn(-c3ccccn3)c(N)c2C(N)=O)cc1.Cc1ccccc1C(=O)NCc1ccc(-c2nn(-c3cccnc3)c(N)c2C(N)=O)cc1.Cc1ccccc1C(=O)NCc1ccc(-c2nn(C3Cc4ccccc4C3)c(N)c2C(N)=O)cc1. The van der Waals surface area contributed by atoms with E-state index in [1.807, 2.05) is 166 Å². The minimum atomic E-state index is -0.672. The van der Waals surface area contributed by atoms with Crippen LogP contribution in [0.2, 0.25) is 0 Å². The van der Waals surface area contributed by atoms with Crippen LogP contribution in [0.15, 0.2) is 219 Å².